The molecule has 2 amide bonds. The molecular weight excluding hydrogens is 448 g/mol. The number of rotatable bonds is 4. The Morgan fingerprint density at radius 1 is 0.960 bits per heavy atom. The lowest BCUT2D eigenvalue weighted by atomic mass is 9.81. The molecule has 4 rings (SSSR count). The Hall–Kier alpha value is -0.880. The predicted octanol–water partition coefficient (Wildman–Crippen LogP) is 3.82. The normalized spacial score (nSPS) is 36.2. The summed E-state index contributed by atoms with van der Waals surface area (Å²) in [6.07, 6.45) is 0.966. The second kappa shape index (κ2) is 6.38. The zero-order valence-corrected chi connectivity index (χ0v) is 17.5. The van der Waals surface area contributed by atoms with E-state index in [-0.39, 0.29) is 45.1 Å². The van der Waals surface area contributed by atoms with Crippen molar-refractivity contribution < 1.29 is 9.59 Å². The first-order valence-corrected chi connectivity index (χ1v) is 10.8. The molecular formula is C19H22Br2N2O2. The predicted molar refractivity (Wildman–Crippen MR) is 107 cm³/mol. The zero-order chi connectivity index (χ0) is 17.9. The van der Waals surface area contributed by atoms with Crippen LogP contribution in [0.4, 0.5) is 11.4 Å². The Bertz CT molecular complexity index is 672. The molecule has 0 spiro atoms. The number of anilines is 2. The highest BCUT2D eigenvalue weighted by atomic mass is 79.9. The lowest BCUT2D eigenvalue weighted by Crippen LogP contribution is -2.37. The Balaban J connectivity index is 1.62. The van der Waals surface area contributed by atoms with Crippen molar-refractivity contribution in [1.29, 1.82) is 0 Å². The molecule has 2 aliphatic carbocycles. The van der Waals surface area contributed by atoms with E-state index >= 15 is 0 Å². The molecule has 1 aromatic carbocycles. The molecule has 134 valence electrons. The van der Waals surface area contributed by atoms with Gasteiger partial charge in [-0.3, -0.25) is 14.5 Å². The topological polar surface area (TPSA) is 40.6 Å². The van der Waals surface area contributed by atoms with Gasteiger partial charge in [-0.05, 0) is 56.4 Å². The lowest BCUT2D eigenvalue weighted by molar-refractivity contribution is -0.123. The molecule has 1 aliphatic heterocycles. The fourth-order valence-corrected chi connectivity index (χ4v) is 6.88. The van der Waals surface area contributed by atoms with Crippen molar-refractivity contribution in [1.82, 2.24) is 0 Å². The summed E-state index contributed by atoms with van der Waals surface area (Å²) in [5.41, 5.74) is 1.83. The highest BCUT2D eigenvalue weighted by molar-refractivity contribution is 9.12. The number of fused-ring (bicyclic) bond motifs is 5. The molecule has 2 saturated carbocycles. The van der Waals surface area contributed by atoms with E-state index < -0.39 is 0 Å². The van der Waals surface area contributed by atoms with Crippen molar-refractivity contribution in [2.75, 3.05) is 22.9 Å². The summed E-state index contributed by atoms with van der Waals surface area (Å²) in [7, 11) is 0. The van der Waals surface area contributed by atoms with E-state index in [0.717, 1.165) is 25.2 Å². The fourth-order valence-electron chi connectivity index (χ4n) is 5.00. The van der Waals surface area contributed by atoms with Crippen molar-refractivity contribution in [2.24, 2.45) is 23.7 Å². The van der Waals surface area contributed by atoms with Crippen LogP contribution in [-0.2, 0) is 9.59 Å². The number of amides is 2. The quantitative estimate of drug-likeness (QED) is 0.497. The second-order valence-electron chi connectivity index (χ2n) is 7.20. The minimum absolute atomic E-state index is 0.0121. The second-order valence-corrected chi connectivity index (χ2v) is 9.32. The van der Waals surface area contributed by atoms with Gasteiger partial charge in [0.05, 0.1) is 17.5 Å². The summed E-state index contributed by atoms with van der Waals surface area (Å²) < 4.78 is 0. The molecule has 6 atom stereocenters. The van der Waals surface area contributed by atoms with Gasteiger partial charge in [0.2, 0.25) is 11.8 Å². The first-order valence-electron chi connectivity index (χ1n) is 9.00. The number of carbonyl (C=O) groups excluding carboxylic acids is 2. The van der Waals surface area contributed by atoms with Crippen LogP contribution in [0.15, 0.2) is 24.3 Å². The zero-order valence-electron chi connectivity index (χ0n) is 14.4. The van der Waals surface area contributed by atoms with Gasteiger partial charge < -0.3 is 4.90 Å². The van der Waals surface area contributed by atoms with Gasteiger partial charge in [-0.2, -0.15) is 0 Å². The average Bonchev–Trinajstić information content (AvgIpc) is 3.22. The standard InChI is InChI=1S/C19H22Br2N2O2/c1-3-22(4-2)10-5-7-11(8-6-10)23-18(24)14-12-9-13(15(14)19(23)25)17(21)16(12)20/h5-8,12-17H,3-4,9H2,1-2H3/t12-,13-,14-,15-,16-,17+/m1/s1. The van der Waals surface area contributed by atoms with E-state index in [4.69, 9.17) is 0 Å². The molecule has 0 radical (unpaired) electrons. The SMILES string of the molecule is CCN(CC)c1ccc(N2C(=O)[C@@H]3[C@H]4C[C@@H]([C@@H](Br)[C@H]4Br)[C@H]3C2=O)cc1. The van der Waals surface area contributed by atoms with E-state index in [9.17, 15) is 9.59 Å². The molecule has 2 bridgehead atoms. The highest BCUT2D eigenvalue weighted by Gasteiger charge is 2.66. The summed E-state index contributed by atoms with van der Waals surface area (Å²) in [6, 6.07) is 7.83. The number of imide groups is 1. The summed E-state index contributed by atoms with van der Waals surface area (Å²) in [5, 5.41) is 0. The van der Waals surface area contributed by atoms with Crippen molar-refractivity contribution in [3.05, 3.63) is 24.3 Å². The number of carbonyl (C=O) groups is 2. The Kier molecular flexibility index (Phi) is 4.47. The van der Waals surface area contributed by atoms with E-state index in [1.54, 1.807) is 0 Å². The third kappa shape index (κ3) is 2.43. The van der Waals surface area contributed by atoms with E-state index in [0.29, 0.717) is 5.69 Å². The summed E-state index contributed by atoms with van der Waals surface area (Å²) >= 11 is 7.46. The number of alkyl halides is 2. The highest BCUT2D eigenvalue weighted by Crippen LogP contribution is 2.60. The number of hydrogen-bond acceptors (Lipinski definition) is 3. The summed E-state index contributed by atoms with van der Waals surface area (Å²) in [6.45, 7) is 6.11. The van der Waals surface area contributed by atoms with Gasteiger partial charge in [0, 0.05) is 28.4 Å². The van der Waals surface area contributed by atoms with Gasteiger partial charge in [-0.1, -0.05) is 31.9 Å². The average molecular weight is 470 g/mol. The summed E-state index contributed by atoms with van der Waals surface area (Å²) in [5.74, 6) is 0.187. The lowest BCUT2D eigenvalue weighted by Gasteiger charge is -2.28. The number of halogens is 2. The molecule has 1 saturated heterocycles. The largest absolute Gasteiger partial charge is 0.372 e. The van der Waals surface area contributed by atoms with Gasteiger partial charge in [0.15, 0.2) is 0 Å². The van der Waals surface area contributed by atoms with E-state index in [1.807, 2.05) is 24.3 Å². The number of benzene rings is 1. The van der Waals surface area contributed by atoms with Gasteiger partial charge in [-0.25, -0.2) is 0 Å². The molecule has 6 heteroatoms. The molecule has 4 nitrogen and oxygen atoms in total. The first kappa shape index (κ1) is 17.5. The van der Waals surface area contributed by atoms with Crippen LogP contribution in [0.5, 0.6) is 0 Å². The van der Waals surface area contributed by atoms with Crippen molar-refractivity contribution in [2.45, 2.75) is 29.9 Å². The van der Waals surface area contributed by atoms with Crippen LogP contribution in [0, 0.1) is 23.7 Å². The Morgan fingerprint density at radius 2 is 1.44 bits per heavy atom. The minimum Gasteiger partial charge on any atom is -0.372 e. The maximum atomic E-state index is 13.0. The first-order chi connectivity index (χ1) is 12.0. The van der Waals surface area contributed by atoms with E-state index in [1.165, 1.54) is 4.90 Å². The van der Waals surface area contributed by atoms with Gasteiger partial charge in [-0.15, -0.1) is 0 Å². The number of hydrogen-bond donors (Lipinski definition) is 0. The summed E-state index contributed by atoms with van der Waals surface area (Å²) in [4.78, 5) is 30.3. The third-order valence-corrected chi connectivity index (χ3v) is 9.43. The monoisotopic (exact) mass is 468 g/mol. The molecule has 3 aliphatic rings. The van der Waals surface area contributed by atoms with Crippen LogP contribution in [0.25, 0.3) is 0 Å². The van der Waals surface area contributed by atoms with Crippen LogP contribution in [0.2, 0.25) is 0 Å². The molecule has 0 unspecified atom stereocenters. The smallest absolute Gasteiger partial charge is 0.238 e. The number of nitrogens with zero attached hydrogens (tertiary/aromatic N) is 2. The van der Waals surface area contributed by atoms with Crippen molar-refractivity contribution in [3.63, 3.8) is 0 Å². The van der Waals surface area contributed by atoms with Gasteiger partial charge >= 0.3 is 0 Å². The van der Waals surface area contributed by atoms with Crippen molar-refractivity contribution >= 4 is 55.0 Å². The maximum Gasteiger partial charge on any atom is 0.238 e. The Morgan fingerprint density at radius 3 is 1.88 bits per heavy atom. The third-order valence-electron chi connectivity index (χ3n) is 6.22. The van der Waals surface area contributed by atoms with Gasteiger partial charge in [0.25, 0.3) is 0 Å². The van der Waals surface area contributed by atoms with Crippen molar-refractivity contribution in [3.8, 4) is 0 Å². The van der Waals surface area contributed by atoms with Crippen LogP contribution in [-0.4, -0.2) is 34.6 Å². The molecule has 0 N–H and O–H groups in total. The molecule has 1 heterocycles. The maximum absolute atomic E-state index is 13.0. The van der Waals surface area contributed by atoms with Gasteiger partial charge in [0.1, 0.15) is 0 Å². The van der Waals surface area contributed by atoms with Crippen LogP contribution >= 0.6 is 31.9 Å². The molecule has 0 aromatic heterocycles. The van der Waals surface area contributed by atoms with Crippen LogP contribution in [0.1, 0.15) is 20.3 Å². The van der Waals surface area contributed by atoms with Crippen LogP contribution in [0.3, 0.4) is 0 Å². The fraction of sp³-hybridized carbons (Fsp3) is 0.579. The Labute approximate surface area is 165 Å². The van der Waals surface area contributed by atoms with Crippen LogP contribution < -0.4 is 9.80 Å². The minimum atomic E-state index is -0.155. The molecule has 1 aromatic rings. The molecule has 25 heavy (non-hydrogen) atoms. The van der Waals surface area contributed by atoms with E-state index in [2.05, 4.69) is 50.6 Å². The molecule has 3 fully saturated rings.